The molecule has 0 aliphatic heterocycles. The van der Waals surface area contributed by atoms with Gasteiger partial charge < -0.3 is 10.7 Å². The van der Waals surface area contributed by atoms with Crippen LogP contribution >= 0.6 is 0 Å². The van der Waals surface area contributed by atoms with E-state index in [0.29, 0.717) is 0 Å². The van der Waals surface area contributed by atoms with Crippen molar-refractivity contribution in [3.8, 4) is 0 Å². The van der Waals surface area contributed by atoms with Gasteiger partial charge in [-0.05, 0) is 37.8 Å². The Hall–Kier alpha value is -0.760. The van der Waals surface area contributed by atoms with E-state index < -0.39 is 0 Å². The summed E-state index contributed by atoms with van der Waals surface area (Å²) >= 11 is 0. The minimum Gasteiger partial charge on any atom is -0.365 e. The van der Waals surface area contributed by atoms with Crippen LogP contribution in [0.1, 0.15) is 42.5 Å². The number of aromatic nitrogens is 1. The molecule has 0 bridgehead atoms. The van der Waals surface area contributed by atoms with E-state index in [9.17, 15) is 0 Å². The highest BCUT2D eigenvalue weighted by Crippen LogP contribution is 2.38. The molecule has 1 aromatic heterocycles. The monoisotopic (exact) mass is 178 g/mol. The third-order valence-corrected chi connectivity index (χ3v) is 3.43. The smallest absolute Gasteiger partial charge is 0.0427 e. The lowest BCUT2D eigenvalue weighted by Gasteiger charge is -2.23. The van der Waals surface area contributed by atoms with E-state index in [-0.39, 0.29) is 5.54 Å². The highest BCUT2D eigenvalue weighted by Gasteiger charge is 2.33. The van der Waals surface area contributed by atoms with E-state index in [2.05, 4.69) is 25.0 Å². The van der Waals surface area contributed by atoms with Crippen LogP contribution in [0.4, 0.5) is 0 Å². The summed E-state index contributed by atoms with van der Waals surface area (Å²) in [5.41, 5.74) is 10.3. The molecule has 2 rings (SSSR count). The molecule has 1 aromatic rings. The Labute approximate surface area is 79.5 Å². The summed E-state index contributed by atoms with van der Waals surface area (Å²) in [5.74, 6) is 0. The Kier molecular flexibility index (Phi) is 1.95. The minimum atomic E-state index is -0.0329. The first kappa shape index (κ1) is 8.82. The van der Waals surface area contributed by atoms with Crippen molar-refractivity contribution in [2.75, 3.05) is 0 Å². The van der Waals surface area contributed by atoms with E-state index in [4.69, 9.17) is 5.73 Å². The number of nitrogens with one attached hydrogen (secondary N) is 1. The van der Waals surface area contributed by atoms with Crippen LogP contribution in [-0.4, -0.2) is 4.98 Å². The summed E-state index contributed by atoms with van der Waals surface area (Å²) in [6, 6.07) is 0. The van der Waals surface area contributed by atoms with Crippen molar-refractivity contribution in [3.05, 3.63) is 23.0 Å². The first-order valence-electron chi connectivity index (χ1n) is 5.07. The summed E-state index contributed by atoms with van der Waals surface area (Å²) in [7, 11) is 0. The van der Waals surface area contributed by atoms with Gasteiger partial charge in [-0.1, -0.05) is 12.8 Å². The summed E-state index contributed by atoms with van der Waals surface area (Å²) < 4.78 is 0. The highest BCUT2D eigenvalue weighted by atomic mass is 14.8. The van der Waals surface area contributed by atoms with E-state index in [1.54, 1.807) is 0 Å². The molecule has 1 saturated carbocycles. The Morgan fingerprint density at radius 3 is 2.38 bits per heavy atom. The summed E-state index contributed by atoms with van der Waals surface area (Å²) in [6.45, 7) is 4.27. The minimum absolute atomic E-state index is 0.0329. The molecule has 3 N–H and O–H groups in total. The normalized spacial score (nSPS) is 20.8. The van der Waals surface area contributed by atoms with Crippen molar-refractivity contribution in [2.45, 2.75) is 45.1 Å². The second kappa shape index (κ2) is 2.88. The molecular weight excluding hydrogens is 160 g/mol. The Bertz CT molecular complexity index is 306. The van der Waals surface area contributed by atoms with Gasteiger partial charge in [0, 0.05) is 17.4 Å². The molecule has 0 amide bonds. The van der Waals surface area contributed by atoms with Crippen molar-refractivity contribution in [3.63, 3.8) is 0 Å². The van der Waals surface area contributed by atoms with Gasteiger partial charge in [0.05, 0.1) is 0 Å². The number of rotatable bonds is 1. The summed E-state index contributed by atoms with van der Waals surface area (Å²) in [6.07, 6.45) is 6.94. The number of aromatic amines is 1. The van der Waals surface area contributed by atoms with Gasteiger partial charge in [0.1, 0.15) is 0 Å². The maximum absolute atomic E-state index is 6.37. The Balaban J connectivity index is 2.39. The van der Waals surface area contributed by atoms with Crippen LogP contribution in [0.25, 0.3) is 0 Å². The SMILES string of the molecule is Cc1[nH]cc(C2(N)CCCC2)c1C. The molecular formula is C11H18N2. The van der Waals surface area contributed by atoms with Crippen molar-refractivity contribution >= 4 is 0 Å². The molecule has 2 nitrogen and oxygen atoms in total. The second-order valence-electron chi connectivity index (χ2n) is 4.32. The number of H-pyrrole nitrogens is 1. The molecule has 2 heteroatoms. The fourth-order valence-corrected chi connectivity index (χ4v) is 2.39. The van der Waals surface area contributed by atoms with Crippen LogP contribution in [0.15, 0.2) is 6.20 Å². The molecule has 1 aliphatic rings. The Morgan fingerprint density at radius 2 is 1.92 bits per heavy atom. The molecule has 1 aliphatic carbocycles. The van der Waals surface area contributed by atoms with E-state index in [0.717, 1.165) is 12.8 Å². The van der Waals surface area contributed by atoms with Gasteiger partial charge in [0.2, 0.25) is 0 Å². The molecule has 13 heavy (non-hydrogen) atoms. The molecule has 0 aromatic carbocycles. The average Bonchev–Trinajstić information content (AvgIpc) is 2.63. The van der Waals surface area contributed by atoms with Gasteiger partial charge in [-0.25, -0.2) is 0 Å². The van der Waals surface area contributed by atoms with Crippen LogP contribution in [0.2, 0.25) is 0 Å². The first-order chi connectivity index (χ1) is 6.13. The quantitative estimate of drug-likeness (QED) is 0.681. The zero-order valence-electron chi connectivity index (χ0n) is 8.48. The largest absolute Gasteiger partial charge is 0.365 e. The lowest BCUT2D eigenvalue weighted by Crippen LogP contribution is -2.33. The second-order valence-corrected chi connectivity index (χ2v) is 4.32. The van der Waals surface area contributed by atoms with Gasteiger partial charge in [-0.15, -0.1) is 0 Å². The van der Waals surface area contributed by atoms with Crippen molar-refractivity contribution in [1.29, 1.82) is 0 Å². The molecule has 1 heterocycles. The maximum Gasteiger partial charge on any atom is 0.0427 e. The van der Waals surface area contributed by atoms with Gasteiger partial charge in [0.25, 0.3) is 0 Å². The van der Waals surface area contributed by atoms with Gasteiger partial charge in [-0.2, -0.15) is 0 Å². The number of aryl methyl sites for hydroxylation is 1. The molecule has 0 saturated heterocycles. The molecule has 0 atom stereocenters. The fraction of sp³-hybridized carbons (Fsp3) is 0.636. The lowest BCUT2D eigenvalue weighted by molar-refractivity contribution is 0.460. The number of nitrogens with two attached hydrogens (primary N) is 1. The topological polar surface area (TPSA) is 41.8 Å². The van der Waals surface area contributed by atoms with Crippen molar-refractivity contribution < 1.29 is 0 Å². The first-order valence-corrected chi connectivity index (χ1v) is 5.07. The van der Waals surface area contributed by atoms with Crippen LogP contribution < -0.4 is 5.73 Å². The van der Waals surface area contributed by atoms with E-state index in [1.165, 1.54) is 29.7 Å². The molecule has 0 spiro atoms. The fourth-order valence-electron chi connectivity index (χ4n) is 2.39. The van der Waals surface area contributed by atoms with Crippen LogP contribution in [0.5, 0.6) is 0 Å². The van der Waals surface area contributed by atoms with Crippen LogP contribution in [-0.2, 0) is 5.54 Å². The summed E-state index contributed by atoms with van der Waals surface area (Å²) in [5, 5.41) is 0. The van der Waals surface area contributed by atoms with Crippen molar-refractivity contribution in [1.82, 2.24) is 4.98 Å². The molecule has 0 unspecified atom stereocenters. The predicted octanol–water partition coefficient (Wildman–Crippen LogP) is 2.36. The van der Waals surface area contributed by atoms with Gasteiger partial charge in [-0.3, -0.25) is 0 Å². The third kappa shape index (κ3) is 1.29. The molecule has 1 fully saturated rings. The lowest BCUT2D eigenvalue weighted by atomic mass is 9.88. The Morgan fingerprint density at radius 1 is 1.31 bits per heavy atom. The predicted molar refractivity (Wildman–Crippen MR) is 54.6 cm³/mol. The molecule has 72 valence electrons. The van der Waals surface area contributed by atoms with Crippen LogP contribution in [0.3, 0.4) is 0 Å². The number of hydrogen-bond donors (Lipinski definition) is 2. The van der Waals surface area contributed by atoms with Crippen LogP contribution in [0, 0.1) is 13.8 Å². The average molecular weight is 178 g/mol. The van der Waals surface area contributed by atoms with Gasteiger partial charge >= 0.3 is 0 Å². The van der Waals surface area contributed by atoms with Gasteiger partial charge in [0.15, 0.2) is 0 Å². The standard InChI is InChI=1S/C11H18N2/c1-8-9(2)13-7-10(8)11(12)5-3-4-6-11/h7,13H,3-6,12H2,1-2H3. The zero-order chi connectivity index (χ0) is 9.47. The third-order valence-electron chi connectivity index (χ3n) is 3.43. The molecule has 0 radical (unpaired) electrons. The highest BCUT2D eigenvalue weighted by molar-refractivity contribution is 5.35. The van der Waals surface area contributed by atoms with E-state index >= 15 is 0 Å². The van der Waals surface area contributed by atoms with E-state index in [1.807, 2.05) is 0 Å². The summed E-state index contributed by atoms with van der Waals surface area (Å²) in [4.78, 5) is 3.26. The zero-order valence-corrected chi connectivity index (χ0v) is 8.48. The van der Waals surface area contributed by atoms with Crippen molar-refractivity contribution in [2.24, 2.45) is 5.73 Å². The number of hydrogen-bond acceptors (Lipinski definition) is 1. The maximum atomic E-state index is 6.37.